The third kappa shape index (κ3) is 4.09. The Morgan fingerprint density at radius 1 is 1.15 bits per heavy atom. The second-order valence-corrected chi connectivity index (χ2v) is 7.88. The molecule has 0 saturated heterocycles. The number of hydrogen-bond acceptors (Lipinski definition) is 5. The van der Waals surface area contributed by atoms with Crippen molar-refractivity contribution in [3.05, 3.63) is 65.2 Å². The zero-order valence-electron chi connectivity index (χ0n) is 14.4. The number of nitrogen functional groups attached to an aromatic ring is 1. The van der Waals surface area contributed by atoms with E-state index in [-0.39, 0.29) is 11.9 Å². The fourth-order valence-corrected chi connectivity index (χ4v) is 3.76. The summed E-state index contributed by atoms with van der Waals surface area (Å²) >= 11 is 7.23. The van der Waals surface area contributed by atoms with Crippen molar-refractivity contribution in [3.63, 3.8) is 0 Å². The molecule has 3 N–H and O–H groups in total. The quantitative estimate of drug-likeness (QED) is 0.490. The van der Waals surface area contributed by atoms with Crippen LogP contribution < -0.4 is 11.2 Å². The van der Waals surface area contributed by atoms with Gasteiger partial charge in [-0.05, 0) is 42.7 Å². The third-order valence-corrected chi connectivity index (χ3v) is 5.72. The number of aromatic nitrogens is 3. The van der Waals surface area contributed by atoms with E-state index in [0.29, 0.717) is 16.0 Å². The first-order valence-electron chi connectivity index (χ1n) is 8.60. The molecule has 138 valence electrons. The predicted molar refractivity (Wildman–Crippen MR) is 107 cm³/mol. The van der Waals surface area contributed by atoms with Crippen molar-refractivity contribution in [2.45, 2.75) is 29.3 Å². The first-order valence-corrected chi connectivity index (χ1v) is 9.86. The molecule has 0 bridgehead atoms. The van der Waals surface area contributed by atoms with Crippen molar-refractivity contribution in [3.8, 4) is 11.4 Å². The van der Waals surface area contributed by atoms with Crippen LogP contribution in [0.3, 0.4) is 0 Å². The molecule has 0 aliphatic heterocycles. The van der Waals surface area contributed by atoms with Crippen LogP contribution in [-0.4, -0.2) is 26.8 Å². The summed E-state index contributed by atoms with van der Waals surface area (Å²) in [6.07, 6.45) is 2.07. The topological polar surface area (TPSA) is 85.8 Å². The maximum atomic E-state index is 12.8. The molecule has 4 rings (SSSR count). The number of thioether (sulfide) groups is 1. The molecule has 1 atom stereocenters. The van der Waals surface area contributed by atoms with Crippen molar-refractivity contribution in [1.82, 2.24) is 20.2 Å². The third-order valence-electron chi connectivity index (χ3n) is 4.25. The average molecular weight is 400 g/mol. The number of rotatable bonds is 6. The van der Waals surface area contributed by atoms with Gasteiger partial charge in [-0.25, -0.2) is 4.68 Å². The molecule has 27 heavy (non-hydrogen) atoms. The highest BCUT2D eigenvalue weighted by atomic mass is 35.5. The Labute approximate surface area is 166 Å². The molecule has 0 radical (unpaired) electrons. The number of carbonyl (C=O) groups is 1. The maximum absolute atomic E-state index is 12.8. The van der Waals surface area contributed by atoms with Crippen LogP contribution in [0.4, 0.5) is 0 Å². The number of nitrogens with one attached hydrogen (secondary N) is 1. The van der Waals surface area contributed by atoms with Crippen molar-refractivity contribution in [2.75, 3.05) is 5.84 Å². The monoisotopic (exact) mass is 399 g/mol. The van der Waals surface area contributed by atoms with E-state index in [1.807, 2.05) is 42.5 Å². The summed E-state index contributed by atoms with van der Waals surface area (Å²) in [5, 5.41) is 12.1. The van der Waals surface area contributed by atoms with Crippen molar-refractivity contribution < 1.29 is 4.79 Å². The van der Waals surface area contributed by atoms with Gasteiger partial charge in [0, 0.05) is 16.6 Å². The van der Waals surface area contributed by atoms with Crippen molar-refractivity contribution in [1.29, 1.82) is 0 Å². The molecule has 1 saturated carbocycles. The fraction of sp³-hybridized carbons (Fsp3) is 0.211. The molecule has 1 amide bonds. The first-order chi connectivity index (χ1) is 13.1. The molecular formula is C19H18ClN5OS. The summed E-state index contributed by atoms with van der Waals surface area (Å²) in [6.45, 7) is 0. The van der Waals surface area contributed by atoms with Crippen molar-refractivity contribution in [2.24, 2.45) is 0 Å². The second kappa shape index (κ2) is 7.62. The van der Waals surface area contributed by atoms with Gasteiger partial charge in [0.05, 0.1) is 0 Å². The molecule has 1 unspecified atom stereocenters. The van der Waals surface area contributed by atoms with Gasteiger partial charge in [0.25, 0.3) is 0 Å². The first kappa shape index (κ1) is 17.9. The van der Waals surface area contributed by atoms with Crippen LogP contribution in [0.1, 0.15) is 23.7 Å². The lowest BCUT2D eigenvalue weighted by Gasteiger charge is -2.16. The van der Waals surface area contributed by atoms with E-state index in [1.54, 1.807) is 12.1 Å². The molecule has 3 aromatic rings. The van der Waals surface area contributed by atoms with Crippen LogP contribution in [-0.2, 0) is 4.79 Å². The van der Waals surface area contributed by atoms with Crippen LogP contribution in [0.5, 0.6) is 0 Å². The average Bonchev–Trinajstić information content (AvgIpc) is 3.42. The Hall–Kier alpha value is -2.51. The normalized spacial score (nSPS) is 14.7. The zero-order chi connectivity index (χ0) is 18.8. The summed E-state index contributed by atoms with van der Waals surface area (Å²) in [7, 11) is 0. The number of halogens is 1. The molecule has 1 heterocycles. The number of amides is 1. The summed E-state index contributed by atoms with van der Waals surface area (Å²) in [6, 6.07) is 17.1. The van der Waals surface area contributed by atoms with Crippen LogP contribution >= 0.6 is 23.4 Å². The van der Waals surface area contributed by atoms with Gasteiger partial charge in [0.15, 0.2) is 5.82 Å². The Morgan fingerprint density at radius 2 is 1.85 bits per heavy atom. The van der Waals surface area contributed by atoms with E-state index in [0.717, 1.165) is 24.0 Å². The lowest BCUT2D eigenvalue weighted by Crippen LogP contribution is -2.30. The van der Waals surface area contributed by atoms with Crippen LogP contribution in [0.2, 0.25) is 5.02 Å². The highest BCUT2D eigenvalue weighted by Gasteiger charge is 2.30. The number of nitrogens with two attached hydrogens (primary N) is 1. The molecule has 1 aliphatic carbocycles. The largest absolute Gasteiger partial charge is 0.352 e. The summed E-state index contributed by atoms with van der Waals surface area (Å²) in [4.78, 5) is 12.8. The van der Waals surface area contributed by atoms with Gasteiger partial charge in [-0.3, -0.25) is 4.79 Å². The van der Waals surface area contributed by atoms with Gasteiger partial charge in [0.1, 0.15) is 5.25 Å². The number of hydrogen-bond donors (Lipinski definition) is 2. The van der Waals surface area contributed by atoms with Crippen molar-refractivity contribution >= 4 is 29.3 Å². The fourth-order valence-electron chi connectivity index (χ4n) is 2.66. The molecule has 6 nitrogen and oxygen atoms in total. The van der Waals surface area contributed by atoms with E-state index >= 15 is 0 Å². The Bertz CT molecular complexity index is 940. The van der Waals surface area contributed by atoms with E-state index in [4.69, 9.17) is 17.4 Å². The van der Waals surface area contributed by atoms with Gasteiger partial charge < -0.3 is 11.2 Å². The Kier molecular flexibility index (Phi) is 5.05. The van der Waals surface area contributed by atoms with E-state index in [1.165, 1.54) is 16.4 Å². The van der Waals surface area contributed by atoms with Crippen LogP contribution in [0.15, 0.2) is 59.8 Å². The van der Waals surface area contributed by atoms with Gasteiger partial charge in [-0.1, -0.05) is 53.7 Å². The second-order valence-electron chi connectivity index (χ2n) is 6.37. The molecule has 1 aromatic heterocycles. The standard InChI is InChI=1S/C19H18ClN5OS/c20-14-8-6-13(7-9-14)17-23-24-19(25(17)21)27-16(12-4-2-1-3-5-12)18(26)22-15-10-11-15/h1-9,15-16H,10-11,21H2,(H,22,26). The Morgan fingerprint density at radius 3 is 2.52 bits per heavy atom. The summed E-state index contributed by atoms with van der Waals surface area (Å²) in [5.74, 6) is 6.70. The van der Waals surface area contributed by atoms with Gasteiger partial charge in [-0.15, -0.1) is 10.2 Å². The van der Waals surface area contributed by atoms with E-state index in [9.17, 15) is 4.79 Å². The zero-order valence-corrected chi connectivity index (χ0v) is 16.0. The SMILES string of the molecule is Nn1c(SC(C(=O)NC2CC2)c2ccccc2)nnc1-c1ccc(Cl)cc1. The lowest BCUT2D eigenvalue weighted by atomic mass is 10.1. The molecular weight excluding hydrogens is 382 g/mol. The van der Waals surface area contributed by atoms with Crippen LogP contribution in [0, 0.1) is 0 Å². The highest BCUT2D eigenvalue weighted by molar-refractivity contribution is 8.00. The molecule has 1 fully saturated rings. The number of carbonyl (C=O) groups excluding carboxylic acids is 1. The number of nitrogens with zero attached hydrogens (tertiary/aromatic N) is 3. The van der Waals surface area contributed by atoms with Gasteiger partial charge in [-0.2, -0.15) is 0 Å². The molecule has 1 aliphatic rings. The minimum atomic E-state index is -0.448. The number of benzene rings is 2. The smallest absolute Gasteiger partial charge is 0.238 e. The summed E-state index contributed by atoms with van der Waals surface area (Å²) in [5.41, 5.74) is 1.71. The van der Waals surface area contributed by atoms with E-state index in [2.05, 4.69) is 15.5 Å². The van der Waals surface area contributed by atoms with Gasteiger partial charge in [0.2, 0.25) is 11.1 Å². The minimum Gasteiger partial charge on any atom is -0.352 e. The molecule has 2 aromatic carbocycles. The van der Waals surface area contributed by atoms with Gasteiger partial charge >= 0.3 is 0 Å². The predicted octanol–water partition coefficient (Wildman–Crippen LogP) is 3.42. The van der Waals surface area contributed by atoms with Crippen LogP contribution in [0.25, 0.3) is 11.4 Å². The molecule has 0 spiro atoms. The molecule has 8 heteroatoms. The highest BCUT2D eigenvalue weighted by Crippen LogP contribution is 2.36. The minimum absolute atomic E-state index is 0.0373. The summed E-state index contributed by atoms with van der Waals surface area (Å²) < 4.78 is 1.41. The lowest BCUT2D eigenvalue weighted by molar-refractivity contribution is -0.120. The van der Waals surface area contributed by atoms with E-state index < -0.39 is 5.25 Å². The maximum Gasteiger partial charge on any atom is 0.238 e. The Balaban J connectivity index is 1.61.